The van der Waals surface area contributed by atoms with E-state index >= 15 is 0 Å². The third kappa shape index (κ3) is 4.71. The first-order valence-electron chi connectivity index (χ1n) is 10.9. The molecule has 1 N–H and O–H groups in total. The lowest BCUT2D eigenvalue weighted by Crippen LogP contribution is -2.41. The number of hydrogen-bond donors (Lipinski definition) is 1. The lowest BCUT2D eigenvalue weighted by Gasteiger charge is -2.36. The van der Waals surface area contributed by atoms with E-state index in [9.17, 15) is 0 Å². The first-order chi connectivity index (χ1) is 14.5. The van der Waals surface area contributed by atoms with Crippen LogP contribution < -0.4 is 5.32 Å². The van der Waals surface area contributed by atoms with Crippen LogP contribution in [-0.4, -0.2) is 16.2 Å². The summed E-state index contributed by atoms with van der Waals surface area (Å²) >= 11 is 0. The van der Waals surface area contributed by atoms with Gasteiger partial charge in [-0.25, -0.2) is 0 Å². The summed E-state index contributed by atoms with van der Waals surface area (Å²) < 4.78 is 5.52. The van der Waals surface area contributed by atoms with Gasteiger partial charge < -0.3 is 9.84 Å². The van der Waals surface area contributed by atoms with Crippen LogP contribution in [0, 0.1) is 11.8 Å². The van der Waals surface area contributed by atoms with Gasteiger partial charge in [-0.3, -0.25) is 0 Å². The third-order valence-corrected chi connectivity index (χ3v) is 5.93. The van der Waals surface area contributed by atoms with E-state index in [1.807, 2.05) is 0 Å². The van der Waals surface area contributed by atoms with E-state index in [1.54, 1.807) is 0 Å². The van der Waals surface area contributed by atoms with Gasteiger partial charge in [-0.15, -0.1) is 6.58 Å². The number of rotatable bonds is 8. The Bertz CT molecular complexity index is 966. The van der Waals surface area contributed by atoms with Gasteiger partial charge in [0.05, 0.1) is 0 Å². The molecule has 156 valence electrons. The molecule has 4 heteroatoms. The molecule has 4 nitrogen and oxygen atoms in total. The molecule has 1 aliphatic carbocycles. The maximum absolute atomic E-state index is 5.52. The number of benzene rings is 2. The highest BCUT2D eigenvalue weighted by atomic mass is 16.5. The van der Waals surface area contributed by atoms with Crippen molar-refractivity contribution in [3.8, 4) is 22.8 Å². The summed E-state index contributed by atoms with van der Waals surface area (Å²) in [6, 6.07) is 17.7. The second-order valence-electron chi connectivity index (χ2n) is 8.89. The summed E-state index contributed by atoms with van der Waals surface area (Å²) in [5.74, 6) is 2.50. The van der Waals surface area contributed by atoms with Crippen LogP contribution in [-0.2, 0) is 6.42 Å². The van der Waals surface area contributed by atoms with Crippen molar-refractivity contribution in [3.05, 3.63) is 72.3 Å². The Labute approximate surface area is 179 Å². The molecule has 0 aliphatic heterocycles. The third-order valence-electron chi connectivity index (χ3n) is 5.93. The predicted octanol–water partition coefficient (Wildman–Crippen LogP) is 6.22. The summed E-state index contributed by atoms with van der Waals surface area (Å²) in [7, 11) is 0. The van der Waals surface area contributed by atoms with Crippen molar-refractivity contribution in [1.29, 1.82) is 0 Å². The standard InChI is InChI=1S/C26H31N3O/c1-5-19-15-24(16-19)27-18(4)21-10-12-22(13-11-21)25-28-26(30-29-25)23-8-6-20(7-9-23)14-17(2)3/h5-13,17-19,24,27H,1,14-16H2,2-4H3/t18-,19?,24?/m1/s1. The Hall–Kier alpha value is -2.72. The monoisotopic (exact) mass is 401 g/mol. The van der Waals surface area contributed by atoms with Gasteiger partial charge in [0.25, 0.3) is 5.89 Å². The highest BCUT2D eigenvalue weighted by Gasteiger charge is 2.27. The topological polar surface area (TPSA) is 51.0 Å². The summed E-state index contributed by atoms with van der Waals surface area (Å²) in [5, 5.41) is 7.89. The van der Waals surface area contributed by atoms with Crippen molar-refractivity contribution >= 4 is 0 Å². The van der Waals surface area contributed by atoms with Gasteiger partial charge in [-0.1, -0.05) is 61.5 Å². The molecule has 1 heterocycles. The average Bonchev–Trinajstić information content (AvgIpc) is 3.20. The SMILES string of the molecule is C=CC1CC(N[C@H](C)c2ccc(-c3noc(-c4ccc(CC(C)C)cc4)n3)cc2)C1. The molecule has 1 fully saturated rings. The smallest absolute Gasteiger partial charge is 0.258 e. The van der Waals surface area contributed by atoms with Gasteiger partial charge in [0.1, 0.15) is 0 Å². The van der Waals surface area contributed by atoms with Gasteiger partial charge in [0, 0.05) is 23.2 Å². The van der Waals surface area contributed by atoms with Crippen LogP contribution in [0.15, 0.2) is 65.7 Å². The molecule has 0 bridgehead atoms. The molecule has 4 rings (SSSR count). The molecule has 1 atom stereocenters. The quantitative estimate of drug-likeness (QED) is 0.455. The van der Waals surface area contributed by atoms with Gasteiger partial charge in [-0.2, -0.15) is 4.98 Å². The largest absolute Gasteiger partial charge is 0.334 e. The van der Waals surface area contributed by atoms with Crippen molar-refractivity contribution < 1.29 is 4.52 Å². The predicted molar refractivity (Wildman–Crippen MR) is 122 cm³/mol. The molecule has 1 aromatic heterocycles. The molecule has 3 aromatic rings. The lowest BCUT2D eigenvalue weighted by molar-refractivity contribution is 0.251. The Morgan fingerprint density at radius 2 is 1.70 bits per heavy atom. The summed E-state index contributed by atoms with van der Waals surface area (Å²) in [4.78, 5) is 4.60. The minimum atomic E-state index is 0.319. The molecule has 2 aromatic carbocycles. The van der Waals surface area contributed by atoms with Crippen LogP contribution in [0.4, 0.5) is 0 Å². The number of nitrogens with zero attached hydrogens (tertiary/aromatic N) is 2. The zero-order chi connectivity index (χ0) is 21.1. The van der Waals surface area contributed by atoms with E-state index < -0.39 is 0 Å². The molecule has 0 radical (unpaired) electrons. The Morgan fingerprint density at radius 1 is 1.03 bits per heavy atom. The molecule has 1 aliphatic rings. The summed E-state index contributed by atoms with van der Waals surface area (Å²) in [6.07, 6.45) is 5.52. The Kier molecular flexibility index (Phi) is 6.14. The Morgan fingerprint density at radius 3 is 2.33 bits per heavy atom. The Balaban J connectivity index is 1.40. The number of hydrogen-bond acceptors (Lipinski definition) is 4. The van der Waals surface area contributed by atoms with E-state index in [1.165, 1.54) is 24.0 Å². The molecule has 1 saturated carbocycles. The molecule has 0 spiro atoms. The molecule has 30 heavy (non-hydrogen) atoms. The number of nitrogens with one attached hydrogen (secondary N) is 1. The molecule has 0 unspecified atom stereocenters. The zero-order valence-electron chi connectivity index (χ0n) is 18.1. The second-order valence-corrected chi connectivity index (χ2v) is 8.89. The molecular formula is C26H31N3O. The van der Waals surface area contributed by atoms with E-state index in [2.05, 4.69) is 97.4 Å². The van der Waals surface area contributed by atoms with Crippen LogP contribution in [0.2, 0.25) is 0 Å². The highest BCUT2D eigenvalue weighted by molar-refractivity contribution is 5.60. The molecular weight excluding hydrogens is 370 g/mol. The fourth-order valence-corrected chi connectivity index (χ4v) is 4.07. The van der Waals surface area contributed by atoms with Crippen LogP contribution in [0.1, 0.15) is 50.8 Å². The van der Waals surface area contributed by atoms with Crippen LogP contribution in [0.3, 0.4) is 0 Å². The first-order valence-corrected chi connectivity index (χ1v) is 10.9. The molecule has 0 amide bonds. The van der Waals surface area contributed by atoms with E-state index in [0.717, 1.165) is 17.5 Å². The summed E-state index contributed by atoms with van der Waals surface area (Å²) in [5.41, 5.74) is 4.51. The van der Waals surface area contributed by atoms with E-state index in [4.69, 9.17) is 4.52 Å². The average molecular weight is 402 g/mol. The van der Waals surface area contributed by atoms with Crippen molar-refractivity contribution in [2.24, 2.45) is 11.8 Å². The van der Waals surface area contributed by atoms with Crippen molar-refractivity contribution in [1.82, 2.24) is 15.5 Å². The molecule has 0 saturated heterocycles. The van der Waals surface area contributed by atoms with E-state index in [-0.39, 0.29) is 0 Å². The summed E-state index contributed by atoms with van der Waals surface area (Å²) in [6.45, 7) is 10.6. The van der Waals surface area contributed by atoms with Crippen LogP contribution in [0.25, 0.3) is 22.8 Å². The van der Waals surface area contributed by atoms with Gasteiger partial charge in [0.15, 0.2) is 0 Å². The maximum Gasteiger partial charge on any atom is 0.258 e. The maximum atomic E-state index is 5.52. The van der Waals surface area contributed by atoms with Crippen molar-refractivity contribution in [3.63, 3.8) is 0 Å². The highest BCUT2D eigenvalue weighted by Crippen LogP contribution is 2.30. The van der Waals surface area contributed by atoms with Gasteiger partial charge in [-0.05, 0) is 61.3 Å². The first kappa shape index (κ1) is 20.5. The fourth-order valence-electron chi connectivity index (χ4n) is 4.07. The normalized spacial score (nSPS) is 19.5. The number of allylic oxidation sites excluding steroid dienone is 1. The lowest BCUT2D eigenvalue weighted by atomic mass is 9.80. The van der Waals surface area contributed by atoms with Gasteiger partial charge >= 0.3 is 0 Å². The van der Waals surface area contributed by atoms with Crippen molar-refractivity contribution in [2.45, 2.75) is 52.1 Å². The fraction of sp³-hybridized carbons (Fsp3) is 0.385. The van der Waals surface area contributed by atoms with E-state index in [0.29, 0.717) is 35.6 Å². The zero-order valence-corrected chi connectivity index (χ0v) is 18.1. The minimum absolute atomic E-state index is 0.319. The second kappa shape index (κ2) is 8.97. The number of aromatic nitrogens is 2. The van der Waals surface area contributed by atoms with Crippen LogP contribution in [0.5, 0.6) is 0 Å². The van der Waals surface area contributed by atoms with Crippen molar-refractivity contribution in [2.75, 3.05) is 0 Å². The van der Waals surface area contributed by atoms with Crippen LogP contribution >= 0.6 is 0 Å². The van der Waals surface area contributed by atoms with Gasteiger partial charge in [0.2, 0.25) is 5.82 Å². The minimum Gasteiger partial charge on any atom is -0.334 e.